The van der Waals surface area contributed by atoms with Crippen LogP contribution in [-0.2, 0) is 20.9 Å². The number of rotatable bonds is 4. The molecule has 0 radical (unpaired) electrons. The standard InChI is InChI=1S/C14H16INO4/c1-14(7-11(8-15)20-12(14)17)16-13(18)19-9-10-5-3-2-4-6-10/h2-6,11H,7-9H2,1H3,(H,16,18)/t11-,14-/m0/s1. The Bertz CT molecular complexity index is 493. The van der Waals surface area contributed by atoms with Gasteiger partial charge in [-0.1, -0.05) is 52.9 Å². The van der Waals surface area contributed by atoms with Crippen molar-refractivity contribution in [3.63, 3.8) is 0 Å². The number of carbonyl (C=O) groups is 2. The molecule has 0 aromatic heterocycles. The van der Waals surface area contributed by atoms with Crippen molar-refractivity contribution in [1.82, 2.24) is 5.32 Å². The zero-order chi connectivity index (χ0) is 14.6. The molecule has 0 saturated carbocycles. The van der Waals surface area contributed by atoms with Crippen molar-refractivity contribution in [3.8, 4) is 0 Å². The van der Waals surface area contributed by atoms with Gasteiger partial charge in [-0.25, -0.2) is 9.59 Å². The second kappa shape index (κ2) is 6.43. The van der Waals surface area contributed by atoms with E-state index in [0.717, 1.165) is 5.56 Å². The van der Waals surface area contributed by atoms with E-state index in [1.807, 2.05) is 30.3 Å². The molecule has 0 unspecified atom stereocenters. The van der Waals surface area contributed by atoms with Crippen molar-refractivity contribution < 1.29 is 19.1 Å². The summed E-state index contributed by atoms with van der Waals surface area (Å²) in [6.45, 7) is 1.83. The maximum atomic E-state index is 11.8. The van der Waals surface area contributed by atoms with Crippen LogP contribution >= 0.6 is 22.6 Å². The van der Waals surface area contributed by atoms with Crippen LogP contribution in [0.3, 0.4) is 0 Å². The second-order valence-corrected chi connectivity index (χ2v) is 5.79. The van der Waals surface area contributed by atoms with Crippen molar-refractivity contribution in [2.75, 3.05) is 4.43 Å². The van der Waals surface area contributed by atoms with Crippen LogP contribution in [-0.4, -0.2) is 28.1 Å². The van der Waals surface area contributed by atoms with Gasteiger partial charge in [0.25, 0.3) is 0 Å². The van der Waals surface area contributed by atoms with Gasteiger partial charge in [-0.2, -0.15) is 0 Å². The lowest BCUT2D eigenvalue weighted by molar-refractivity contribution is -0.145. The van der Waals surface area contributed by atoms with Crippen LogP contribution in [0.1, 0.15) is 18.9 Å². The lowest BCUT2D eigenvalue weighted by Gasteiger charge is -2.20. The van der Waals surface area contributed by atoms with Crippen LogP contribution in [0.5, 0.6) is 0 Å². The Hall–Kier alpha value is -1.31. The highest BCUT2D eigenvalue weighted by Gasteiger charge is 2.46. The molecular formula is C14H16INO4. The molecule has 108 valence electrons. The lowest BCUT2D eigenvalue weighted by Crippen LogP contribution is -2.49. The maximum Gasteiger partial charge on any atom is 0.408 e. The first kappa shape index (κ1) is 15.1. The summed E-state index contributed by atoms with van der Waals surface area (Å²) in [5.41, 5.74) is -0.101. The molecule has 1 aromatic carbocycles. The number of nitrogens with one attached hydrogen (secondary N) is 1. The zero-order valence-corrected chi connectivity index (χ0v) is 13.3. The van der Waals surface area contributed by atoms with Crippen LogP contribution < -0.4 is 5.32 Å². The van der Waals surface area contributed by atoms with E-state index in [2.05, 4.69) is 27.9 Å². The van der Waals surface area contributed by atoms with E-state index in [0.29, 0.717) is 10.8 Å². The number of cyclic esters (lactones) is 1. The number of alkyl halides is 1. The fourth-order valence-electron chi connectivity index (χ4n) is 2.03. The lowest BCUT2D eigenvalue weighted by atomic mass is 9.99. The number of carbonyl (C=O) groups excluding carboxylic acids is 2. The number of hydrogen-bond donors (Lipinski definition) is 1. The Morgan fingerprint density at radius 2 is 2.20 bits per heavy atom. The van der Waals surface area contributed by atoms with Gasteiger partial charge in [-0.3, -0.25) is 0 Å². The average molecular weight is 389 g/mol. The molecular weight excluding hydrogens is 373 g/mol. The topological polar surface area (TPSA) is 64.6 Å². The third kappa shape index (κ3) is 3.62. The third-order valence-corrected chi connectivity index (χ3v) is 4.11. The molecule has 1 aliphatic rings. The highest BCUT2D eigenvalue weighted by molar-refractivity contribution is 14.1. The van der Waals surface area contributed by atoms with Crippen molar-refractivity contribution in [1.29, 1.82) is 0 Å². The van der Waals surface area contributed by atoms with Gasteiger partial charge in [0, 0.05) is 10.8 Å². The highest BCUT2D eigenvalue weighted by Crippen LogP contribution is 2.26. The fourth-order valence-corrected chi connectivity index (χ4v) is 2.53. The smallest absolute Gasteiger partial charge is 0.408 e. The van der Waals surface area contributed by atoms with E-state index in [1.165, 1.54) is 0 Å². The largest absolute Gasteiger partial charge is 0.460 e. The molecule has 1 heterocycles. The SMILES string of the molecule is C[C@]1(NC(=O)OCc2ccccc2)C[C@@H](CI)OC1=O. The molecule has 5 nitrogen and oxygen atoms in total. The number of halogens is 1. The van der Waals surface area contributed by atoms with Crippen LogP contribution in [0, 0.1) is 0 Å². The van der Waals surface area contributed by atoms with Crippen molar-refractivity contribution >= 4 is 34.7 Å². The predicted molar refractivity (Wildman–Crippen MR) is 81.6 cm³/mol. The molecule has 0 spiro atoms. The van der Waals surface area contributed by atoms with E-state index >= 15 is 0 Å². The quantitative estimate of drug-likeness (QED) is 0.488. The maximum absolute atomic E-state index is 11.8. The molecule has 1 saturated heterocycles. The summed E-state index contributed by atoms with van der Waals surface area (Å²) in [5.74, 6) is -0.407. The molecule has 20 heavy (non-hydrogen) atoms. The van der Waals surface area contributed by atoms with E-state index in [9.17, 15) is 9.59 Å². The van der Waals surface area contributed by atoms with Crippen LogP contribution in [0.2, 0.25) is 0 Å². The highest BCUT2D eigenvalue weighted by atomic mass is 127. The van der Waals surface area contributed by atoms with Crippen LogP contribution in [0.4, 0.5) is 4.79 Å². The monoisotopic (exact) mass is 389 g/mol. The van der Waals surface area contributed by atoms with E-state index in [1.54, 1.807) is 6.92 Å². The van der Waals surface area contributed by atoms with Crippen molar-refractivity contribution in [2.45, 2.75) is 31.6 Å². The van der Waals surface area contributed by atoms with Gasteiger partial charge in [0.15, 0.2) is 0 Å². The van der Waals surface area contributed by atoms with Gasteiger partial charge >= 0.3 is 12.1 Å². The minimum absolute atomic E-state index is 0.150. The Morgan fingerprint density at radius 1 is 1.50 bits per heavy atom. The van der Waals surface area contributed by atoms with Gasteiger partial charge in [-0.05, 0) is 12.5 Å². The summed E-state index contributed by atoms with van der Waals surface area (Å²) in [6.07, 6.45) is -0.292. The number of amides is 1. The first-order valence-corrected chi connectivity index (χ1v) is 7.82. The minimum atomic E-state index is -0.996. The van der Waals surface area contributed by atoms with Crippen LogP contribution in [0.15, 0.2) is 30.3 Å². The molecule has 0 bridgehead atoms. The van der Waals surface area contributed by atoms with Gasteiger partial charge in [0.05, 0.1) is 0 Å². The van der Waals surface area contributed by atoms with Crippen LogP contribution in [0.25, 0.3) is 0 Å². The second-order valence-electron chi connectivity index (χ2n) is 4.90. The Labute approximate surface area is 131 Å². The summed E-state index contributed by atoms with van der Waals surface area (Å²) in [6, 6.07) is 9.37. The van der Waals surface area contributed by atoms with E-state index in [4.69, 9.17) is 9.47 Å². The summed E-state index contributed by atoms with van der Waals surface area (Å²) < 4.78 is 11.0. The summed E-state index contributed by atoms with van der Waals surface area (Å²) in [5, 5.41) is 2.60. The normalized spacial score (nSPS) is 25.1. The van der Waals surface area contributed by atoms with E-state index in [-0.39, 0.29) is 12.7 Å². The van der Waals surface area contributed by atoms with Gasteiger partial charge < -0.3 is 14.8 Å². The number of hydrogen-bond acceptors (Lipinski definition) is 4. The number of esters is 1. The fraction of sp³-hybridized carbons (Fsp3) is 0.429. The first-order valence-electron chi connectivity index (χ1n) is 6.29. The average Bonchev–Trinajstić information content (AvgIpc) is 2.73. The Kier molecular flexibility index (Phi) is 4.85. The predicted octanol–water partition coefficient (Wildman–Crippen LogP) is 2.42. The summed E-state index contributed by atoms with van der Waals surface area (Å²) in [4.78, 5) is 23.6. The molecule has 2 rings (SSSR count). The Morgan fingerprint density at radius 3 is 2.80 bits per heavy atom. The van der Waals surface area contributed by atoms with Gasteiger partial charge in [-0.15, -0.1) is 0 Å². The molecule has 1 fully saturated rings. The molecule has 0 aliphatic carbocycles. The number of ether oxygens (including phenoxy) is 2. The minimum Gasteiger partial charge on any atom is -0.460 e. The molecule has 1 aliphatic heterocycles. The number of benzene rings is 1. The van der Waals surface area contributed by atoms with Crippen molar-refractivity contribution in [3.05, 3.63) is 35.9 Å². The van der Waals surface area contributed by atoms with Crippen molar-refractivity contribution in [2.24, 2.45) is 0 Å². The zero-order valence-electron chi connectivity index (χ0n) is 11.1. The summed E-state index contributed by atoms with van der Waals surface area (Å²) in [7, 11) is 0. The van der Waals surface area contributed by atoms with E-state index < -0.39 is 17.6 Å². The van der Waals surface area contributed by atoms with Gasteiger partial charge in [0.1, 0.15) is 18.2 Å². The third-order valence-electron chi connectivity index (χ3n) is 3.12. The number of alkyl carbamates (subject to hydrolysis) is 1. The molecule has 6 heteroatoms. The molecule has 1 N–H and O–H groups in total. The summed E-state index contributed by atoms with van der Waals surface area (Å²) >= 11 is 2.15. The van der Waals surface area contributed by atoms with Gasteiger partial charge in [0.2, 0.25) is 0 Å². The molecule has 2 atom stereocenters. The molecule has 1 amide bonds. The Balaban J connectivity index is 1.87. The molecule has 1 aromatic rings. The first-order chi connectivity index (χ1) is 9.53.